The summed E-state index contributed by atoms with van der Waals surface area (Å²) in [5, 5.41) is 3.47. The van der Waals surface area contributed by atoms with Gasteiger partial charge in [0, 0.05) is 17.8 Å². The Bertz CT molecular complexity index is 370. The van der Waals surface area contributed by atoms with E-state index in [1.807, 2.05) is 13.0 Å². The van der Waals surface area contributed by atoms with Gasteiger partial charge in [0.15, 0.2) is 0 Å². The SMILES string of the molecule is Cc1cc(NC2CCC(C)(C)CC2)nc(N)n1. The van der Waals surface area contributed by atoms with Crippen molar-refractivity contribution in [3.63, 3.8) is 0 Å². The number of nitrogens with one attached hydrogen (secondary N) is 1. The average molecular weight is 234 g/mol. The maximum absolute atomic E-state index is 5.65. The Morgan fingerprint density at radius 3 is 2.53 bits per heavy atom. The normalized spacial score (nSPS) is 20.2. The van der Waals surface area contributed by atoms with Gasteiger partial charge in [-0.2, -0.15) is 4.98 Å². The molecule has 0 bridgehead atoms. The van der Waals surface area contributed by atoms with Gasteiger partial charge >= 0.3 is 0 Å². The van der Waals surface area contributed by atoms with Crippen molar-refractivity contribution in [2.75, 3.05) is 11.1 Å². The van der Waals surface area contributed by atoms with E-state index in [9.17, 15) is 0 Å². The Balaban J connectivity index is 1.97. The first-order valence-corrected chi connectivity index (χ1v) is 6.32. The maximum atomic E-state index is 5.65. The second-order valence-electron chi connectivity index (χ2n) is 5.84. The van der Waals surface area contributed by atoms with Crippen LogP contribution in [0.15, 0.2) is 6.07 Å². The molecule has 1 aromatic heterocycles. The van der Waals surface area contributed by atoms with Crippen LogP contribution >= 0.6 is 0 Å². The number of aromatic nitrogens is 2. The monoisotopic (exact) mass is 234 g/mol. The van der Waals surface area contributed by atoms with E-state index in [-0.39, 0.29) is 0 Å². The first-order valence-electron chi connectivity index (χ1n) is 6.32. The van der Waals surface area contributed by atoms with E-state index in [0.29, 0.717) is 17.4 Å². The van der Waals surface area contributed by atoms with Gasteiger partial charge in [-0.1, -0.05) is 13.8 Å². The van der Waals surface area contributed by atoms with Gasteiger partial charge in [-0.05, 0) is 38.0 Å². The molecule has 4 nitrogen and oxygen atoms in total. The van der Waals surface area contributed by atoms with Gasteiger partial charge in [-0.15, -0.1) is 0 Å². The molecular formula is C13H22N4. The molecule has 17 heavy (non-hydrogen) atoms. The van der Waals surface area contributed by atoms with Crippen LogP contribution in [-0.4, -0.2) is 16.0 Å². The van der Waals surface area contributed by atoms with Crippen LogP contribution in [0.3, 0.4) is 0 Å². The van der Waals surface area contributed by atoms with Crippen molar-refractivity contribution in [2.24, 2.45) is 5.41 Å². The van der Waals surface area contributed by atoms with Crippen LogP contribution in [0.5, 0.6) is 0 Å². The molecule has 0 spiro atoms. The lowest BCUT2D eigenvalue weighted by atomic mass is 9.75. The van der Waals surface area contributed by atoms with Crippen molar-refractivity contribution in [3.05, 3.63) is 11.8 Å². The van der Waals surface area contributed by atoms with Gasteiger partial charge in [0.05, 0.1) is 0 Å². The highest BCUT2D eigenvalue weighted by Gasteiger charge is 2.26. The number of hydrogen-bond donors (Lipinski definition) is 2. The lowest BCUT2D eigenvalue weighted by molar-refractivity contribution is 0.232. The summed E-state index contributed by atoms with van der Waals surface area (Å²) in [6, 6.07) is 2.48. The quantitative estimate of drug-likeness (QED) is 0.826. The van der Waals surface area contributed by atoms with E-state index < -0.39 is 0 Å². The predicted octanol–water partition coefficient (Wildman–Crippen LogP) is 2.75. The second-order valence-corrected chi connectivity index (χ2v) is 5.84. The molecular weight excluding hydrogens is 212 g/mol. The highest BCUT2D eigenvalue weighted by atomic mass is 15.1. The minimum atomic E-state index is 0.351. The smallest absolute Gasteiger partial charge is 0.222 e. The van der Waals surface area contributed by atoms with E-state index in [1.165, 1.54) is 25.7 Å². The van der Waals surface area contributed by atoms with Gasteiger partial charge in [0.2, 0.25) is 5.95 Å². The van der Waals surface area contributed by atoms with Crippen LogP contribution in [0.2, 0.25) is 0 Å². The highest BCUT2D eigenvalue weighted by Crippen LogP contribution is 2.35. The summed E-state index contributed by atoms with van der Waals surface area (Å²) >= 11 is 0. The number of rotatable bonds is 2. The fourth-order valence-corrected chi connectivity index (χ4v) is 2.42. The number of nitrogen functional groups attached to an aromatic ring is 1. The van der Waals surface area contributed by atoms with Crippen LogP contribution in [0.4, 0.5) is 11.8 Å². The molecule has 3 N–H and O–H groups in total. The Kier molecular flexibility index (Phi) is 3.22. The molecule has 1 aromatic rings. The standard InChI is InChI=1S/C13H22N4/c1-9-8-11(17-12(14)15-9)16-10-4-6-13(2,3)7-5-10/h8,10H,4-7H2,1-3H3,(H3,14,15,16,17). The van der Waals surface area contributed by atoms with Crippen molar-refractivity contribution < 1.29 is 0 Å². The van der Waals surface area contributed by atoms with Crippen LogP contribution in [0.1, 0.15) is 45.2 Å². The number of anilines is 2. The molecule has 0 aromatic carbocycles. The van der Waals surface area contributed by atoms with E-state index >= 15 is 0 Å². The summed E-state index contributed by atoms with van der Waals surface area (Å²) in [5.41, 5.74) is 7.06. The van der Waals surface area contributed by atoms with Gasteiger partial charge in [-0.3, -0.25) is 0 Å². The first-order chi connectivity index (χ1) is 7.94. The lowest BCUT2D eigenvalue weighted by Crippen LogP contribution is -2.30. The molecule has 1 aliphatic rings. The summed E-state index contributed by atoms with van der Waals surface area (Å²) in [4.78, 5) is 8.30. The molecule has 1 fully saturated rings. The molecule has 0 saturated heterocycles. The summed E-state index contributed by atoms with van der Waals surface area (Å²) in [7, 11) is 0. The number of hydrogen-bond acceptors (Lipinski definition) is 4. The summed E-state index contributed by atoms with van der Waals surface area (Å²) < 4.78 is 0. The highest BCUT2D eigenvalue weighted by molar-refractivity contribution is 5.41. The van der Waals surface area contributed by atoms with Crippen molar-refractivity contribution in [2.45, 2.75) is 52.5 Å². The lowest BCUT2D eigenvalue weighted by Gasteiger charge is -2.34. The van der Waals surface area contributed by atoms with Gasteiger partial charge in [0.25, 0.3) is 0 Å². The fourth-order valence-electron chi connectivity index (χ4n) is 2.42. The topological polar surface area (TPSA) is 63.8 Å². The molecule has 0 atom stereocenters. The molecule has 94 valence electrons. The van der Waals surface area contributed by atoms with E-state index in [4.69, 9.17) is 5.73 Å². The largest absolute Gasteiger partial charge is 0.368 e. The maximum Gasteiger partial charge on any atom is 0.222 e. The van der Waals surface area contributed by atoms with Crippen molar-refractivity contribution in [1.82, 2.24) is 9.97 Å². The summed E-state index contributed by atoms with van der Waals surface area (Å²) in [6.07, 6.45) is 4.94. The number of nitrogens with two attached hydrogens (primary N) is 1. The van der Waals surface area contributed by atoms with E-state index in [0.717, 1.165) is 11.5 Å². The summed E-state index contributed by atoms with van der Waals surface area (Å²) in [5.74, 6) is 1.21. The van der Waals surface area contributed by atoms with E-state index in [2.05, 4.69) is 29.1 Å². The molecule has 0 amide bonds. The Hall–Kier alpha value is -1.32. The first kappa shape index (κ1) is 12.1. The van der Waals surface area contributed by atoms with Crippen molar-refractivity contribution in [1.29, 1.82) is 0 Å². The zero-order chi connectivity index (χ0) is 12.5. The van der Waals surface area contributed by atoms with Crippen molar-refractivity contribution >= 4 is 11.8 Å². The average Bonchev–Trinajstić information content (AvgIpc) is 2.20. The molecule has 0 radical (unpaired) electrons. The minimum absolute atomic E-state index is 0.351. The molecule has 1 heterocycles. The van der Waals surface area contributed by atoms with Gasteiger partial charge in [-0.25, -0.2) is 4.98 Å². The van der Waals surface area contributed by atoms with Crippen LogP contribution in [0.25, 0.3) is 0 Å². The third kappa shape index (κ3) is 3.32. The van der Waals surface area contributed by atoms with Crippen LogP contribution in [0, 0.1) is 12.3 Å². The predicted molar refractivity (Wildman–Crippen MR) is 70.8 cm³/mol. The molecule has 1 saturated carbocycles. The second kappa shape index (κ2) is 4.51. The van der Waals surface area contributed by atoms with Gasteiger partial charge in [0.1, 0.15) is 5.82 Å². The third-order valence-corrected chi connectivity index (χ3v) is 3.56. The van der Waals surface area contributed by atoms with E-state index in [1.54, 1.807) is 0 Å². The minimum Gasteiger partial charge on any atom is -0.368 e. The molecule has 1 aliphatic carbocycles. The number of nitrogens with zero attached hydrogens (tertiary/aromatic N) is 2. The number of aryl methyl sites for hydroxylation is 1. The van der Waals surface area contributed by atoms with Crippen molar-refractivity contribution in [3.8, 4) is 0 Å². The molecule has 0 unspecified atom stereocenters. The summed E-state index contributed by atoms with van der Waals surface area (Å²) in [6.45, 7) is 6.62. The Morgan fingerprint density at radius 2 is 1.94 bits per heavy atom. The molecule has 0 aliphatic heterocycles. The zero-order valence-corrected chi connectivity index (χ0v) is 11.0. The van der Waals surface area contributed by atoms with Gasteiger partial charge < -0.3 is 11.1 Å². The Morgan fingerprint density at radius 1 is 1.29 bits per heavy atom. The van der Waals surface area contributed by atoms with Crippen LogP contribution < -0.4 is 11.1 Å². The Labute approximate surface area is 103 Å². The zero-order valence-electron chi connectivity index (χ0n) is 11.0. The fraction of sp³-hybridized carbons (Fsp3) is 0.692. The third-order valence-electron chi connectivity index (χ3n) is 3.56. The van der Waals surface area contributed by atoms with Crippen LogP contribution in [-0.2, 0) is 0 Å². The molecule has 2 rings (SSSR count). The molecule has 4 heteroatoms.